The van der Waals surface area contributed by atoms with Crippen LogP contribution in [-0.2, 0) is 7.05 Å². The van der Waals surface area contributed by atoms with Gasteiger partial charge in [0.25, 0.3) is 5.56 Å². The SMILES string of the molecule is Cc1c(N)c(C#N)c2n(C)c3ncccc3n2c1=O. The summed E-state index contributed by atoms with van der Waals surface area (Å²) in [5.41, 5.74) is 8.37. The lowest BCUT2D eigenvalue weighted by Crippen LogP contribution is -2.19. The van der Waals surface area contributed by atoms with Gasteiger partial charge >= 0.3 is 0 Å². The highest BCUT2D eigenvalue weighted by molar-refractivity contribution is 5.83. The third kappa shape index (κ3) is 1.24. The van der Waals surface area contributed by atoms with Crippen LogP contribution in [0.2, 0.25) is 0 Å². The van der Waals surface area contributed by atoms with Crippen molar-refractivity contribution in [1.82, 2.24) is 14.0 Å². The van der Waals surface area contributed by atoms with Crippen molar-refractivity contribution in [3.63, 3.8) is 0 Å². The lowest BCUT2D eigenvalue weighted by atomic mass is 10.1. The van der Waals surface area contributed by atoms with Crippen LogP contribution in [0, 0.1) is 18.3 Å². The minimum atomic E-state index is -0.217. The van der Waals surface area contributed by atoms with Gasteiger partial charge in [0.05, 0.1) is 11.2 Å². The molecule has 3 aromatic rings. The molecule has 0 radical (unpaired) electrons. The molecule has 0 aliphatic rings. The maximum Gasteiger partial charge on any atom is 0.261 e. The number of hydrogen-bond acceptors (Lipinski definition) is 4. The molecule has 0 atom stereocenters. The van der Waals surface area contributed by atoms with Gasteiger partial charge in [0.15, 0.2) is 5.65 Å². The second-order valence-corrected chi connectivity index (χ2v) is 4.39. The molecule has 0 aliphatic heterocycles. The van der Waals surface area contributed by atoms with Crippen LogP contribution >= 0.6 is 0 Å². The van der Waals surface area contributed by atoms with Crippen LogP contribution < -0.4 is 11.3 Å². The number of nitriles is 1. The standard InChI is InChI=1S/C13H11N5O/c1-7-10(15)8(6-14)12-17(2)11-9(4-3-5-16-11)18(12)13(7)19/h3-5H,15H2,1-2H3. The van der Waals surface area contributed by atoms with Gasteiger partial charge in [-0.1, -0.05) is 0 Å². The summed E-state index contributed by atoms with van der Waals surface area (Å²) >= 11 is 0. The molecule has 6 nitrogen and oxygen atoms in total. The molecule has 94 valence electrons. The summed E-state index contributed by atoms with van der Waals surface area (Å²) in [4.78, 5) is 16.6. The van der Waals surface area contributed by atoms with E-state index in [1.807, 2.05) is 0 Å². The normalized spacial score (nSPS) is 11.0. The summed E-state index contributed by atoms with van der Waals surface area (Å²) in [5, 5.41) is 9.30. The first kappa shape index (κ1) is 11.3. The molecule has 0 unspecified atom stereocenters. The van der Waals surface area contributed by atoms with E-state index in [0.29, 0.717) is 27.9 Å². The summed E-state index contributed by atoms with van der Waals surface area (Å²) < 4.78 is 3.21. The van der Waals surface area contributed by atoms with Crippen LogP contribution in [0.4, 0.5) is 5.69 Å². The summed E-state index contributed by atoms with van der Waals surface area (Å²) in [6.07, 6.45) is 1.65. The predicted octanol–water partition coefficient (Wildman–Crippen LogP) is 0.948. The molecule has 19 heavy (non-hydrogen) atoms. The topological polar surface area (TPSA) is 89.1 Å². The molecule has 0 spiro atoms. The van der Waals surface area contributed by atoms with Crippen LogP contribution in [0.15, 0.2) is 23.1 Å². The molecule has 0 aromatic carbocycles. The molecule has 3 heterocycles. The van der Waals surface area contributed by atoms with Crippen molar-refractivity contribution in [2.75, 3.05) is 5.73 Å². The lowest BCUT2D eigenvalue weighted by molar-refractivity contribution is 0.955. The van der Waals surface area contributed by atoms with Gasteiger partial charge in [-0.05, 0) is 19.1 Å². The van der Waals surface area contributed by atoms with E-state index in [1.54, 1.807) is 36.9 Å². The Morgan fingerprint density at radius 3 is 2.89 bits per heavy atom. The van der Waals surface area contributed by atoms with Gasteiger partial charge in [-0.3, -0.25) is 9.20 Å². The third-order valence-electron chi connectivity index (χ3n) is 3.39. The third-order valence-corrected chi connectivity index (χ3v) is 3.39. The molecule has 0 fully saturated rings. The predicted molar refractivity (Wildman–Crippen MR) is 71.8 cm³/mol. The second-order valence-electron chi connectivity index (χ2n) is 4.39. The van der Waals surface area contributed by atoms with Gasteiger partial charge in [-0.25, -0.2) is 4.98 Å². The zero-order chi connectivity index (χ0) is 13.7. The molecule has 0 amide bonds. The average Bonchev–Trinajstić information content (AvgIpc) is 2.72. The van der Waals surface area contributed by atoms with E-state index in [0.717, 1.165) is 0 Å². The summed E-state index contributed by atoms with van der Waals surface area (Å²) in [5.74, 6) is 0. The Labute approximate surface area is 108 Å². The number of nitrogen functional groups attached to an aromatic ring is 1. The van der Waals surface area contributed by atoms with Gasteiger partial charge < -0.3 is 10.3 Å². The lowest BCUT2D eigenvalue weighted by Gasteiger charge is -2.06. The zero-order valence-electron chi connectivity index (χ0n) is 10.5. The van der Waals surface area contributed by atoms with Crippen molar-refractivity contribution < 1.29 is 0 Å². The molecule has 0 aliphatic carbocycles. The quantitative estimate of drug-likeness (QED) is 0.646. The number of nitrogens with two attached hydrogens (primary N) is 1. The number of nitrogens with zero attached hydrogens (tertiary/aromatic N) is 4. The highest BCUT2D eigenvalue weighted by Gasteiger charge is 2.19. The van der Waals surface area contributed by atoms with Crippen LogP contribution in [0.25, 0.3) is 16.8 Å². The van der Waals surface area contributed by atoms with Crippen molar-refractivity contribution >= 4 is 22.5 Å². The fourth-order valence-electron chi connectivity index (χ4n) is 2.37. The fraction of sp³-hybridized carbons (Fsp3) is 0.154. The number of imidazole rings is 1. The van der Waals surface area contributed by atoms with E-state index in [-0.39, 0.29) is 11.2 Å². The smallest absolute Gasteiger partial charge is 0.261 e. The Morgan fingerprint density at radius 1 is 1.47 bits per heavy atom. The van der Waals surface area contributed by atoms with E-state index in [9.17, 15) is 10.1 Å². The molecule has 2 N–H and O–H groups in total. The highest BCUT2D eigenvalue weighted by Crippen LogP contribution is 2.23. The number of fused-ring (bicyclic) bond motifs is 3. The largest absolute Gasteiger partial charge is 0.397 e. The van der Waals surface area contributed by atoms with Gasteiger partial charge in [-0.2, -0.15) is 5.26 Å². The number of rotatable bonds is 0. The average molecular weight is 253 g/mol. The number of pyridine rings is 2. The highest BCUT2D eigenvalue weighted by atomic mass is 16.1. The Hall–Kier alpha value is -2.81. The number of hydrogen-bond donors (Lipinski definition) is 1. The van der Waals surface area contributed by atoms with E-state index in [4.69, 9.17) is 5.73 Å². The Bertz CT molecular complexity index is 926. The molecule has 3 aromatic heterocycles. The van der Waals surface area contributed by atoms with Gasteiger partial charge in [-0.15, -0.1) is 0 Å². The van der Waals surface area contributed by atoms with Crippen LogP contribution in [0.5, 0.6) is 0 Å². The molecular weight excluding hydrogens is 242 g/mol. The molecule has 6 heteroatoms. The van der Waals surface area contributed by atoms with Crippen LogP contribution in [0.3, 0.4) is 0 Å². The molecule has 0 saturated heterocycles. The summed E-state index contributed by atoms with van der Waals surface area (Å²) in [6.45, 7) is 1.63. The minimum absolute atomic E-state index is 0.217. The molecule has 0 bridgehead atoms. The van der Waals surface area contributed by atoms with E-state index < -0.39 is 0 Å². The summed E-state index contributed by atoms with van der Waals surface area (Å²) in [6, 6.07) is 5.63. The molecular formula is C13H11N5O. The number of aromatic nitrogens is 3. The first-order valence-electron chi connectivity index (χ1n) is 5.72. The van der Waals surface area contributed by atoms with Crippen molar-refractivity contribution in [2.45, 2.75) is 6.92 Å². The maximum absolute atomic E-state index is 12.4. The number of aryl methyl sites for hydroxylation is 1. The first-order valence-corrected chi connectivity index (χ1v) is 5.72. The zero-order valence-corrected chi connectivity index (χ0v) is 10.5. The fourth-order valence-corrected chi connectivity index (χ4v) is 2.37. The van der Waals surface area contributed by atoms with Crippen molar-refractivity contribution in [2.24, 2.45) is 7.05 Å². The van der Waals surface area contributed by atoms with Crippen LogP contribution in [0.1, 0.15) is 11.1 Å². The monoisotopic (exact) mass is 253 g/mol. The van der Waals surface area contributed by atoms with E-state index >= 15 is 0 Å². The van der Waals surface area contributed by atoms with Crippen molar-refractivity contribution in [1.29, 1.82) is 5.26 Å². The first-order chi connectivity index (χ1) is 9.07. The molecule has 3 rings (SSSR count). The molecule has 0 saturated carbocycles. The van der Waals surface area contributed by atoms with E-state index in [1.165, 1.54) is 4.40 Å². The van der Waals surface area contributed by atoms with Gasteiger partial charge in [0.1, 0.15) is 17.3 Å². The Balaban J connectivity index is 2.80. The maximum atomic E-state index is 12.4. The second kappa shape index (κ2) is 3.59. The van der Waals surface area contributed by atoms with E-state index in [2.05, 4.69) is 11.1 Å². The van der Waals surface area contributed by atoms with Crippen LogP contribution in [-0.4, -0.2) is 14.0 Å². The van der Waals surface area contributed by atoms with Crippen molar-refractivity contribution in [3.05, 3.63) is 39.8 Å². The Kier molecular flexibility index (Phi) is 2.13. The van der Waals surface area contributed by atoms with Gasteiger partial charge in [0.2, 0.25) is 0 Å². The Morgan fingerprint density at radius 2 is 2.21 bits per heavy atom. The van der Waals surface area contributed by atoms with Gasteiger partial charge in [0, 0.05) is 18.8 Å². The summed E-state index contributed by atoms with van der Waals surface area (Å²) in [7, 11) is 1.76. The minimum Gasteiger partial charge on any atom is -0.397 e. The van der Waals surface area contributed by atoms with Crippen molar-refractivity contribution in [3.8, 4) is 6.07 Å². The number of anilines is 1.